The molecule has 26 heavy (non-hydrogen) atoms. The Morgan fingerprint density at radius 3 is 2.23 bits per heavy atom. The van der Waals surface area contributed by atoms with Crippen LogP contribution in [0.15, 0.2) is 42.5 Å². The highest BCUT2D eigenvalue weighted by atomic mass is 35.5. The van der Waals surface area contributed by atoms with Crippen LogP contribution < -0.4 is 0 Å². The van der Waals surface area contributed by atoms with Gasteiger partial charge in [-0.3, -0.25) is 4.90 Å². The Kier molecular flexibility index (Phi) is 5.49. The second-order valence-electron chi connectivity index (χ2n) is 6.99. The molecular weight excluding hydrogens is 365 g/mol. The van der Waals surface area contributed by atoms with Gasteiger partial charge in [-0.1, -0.05) is 54.2 Å². The summed E-state index contributed by atoms with van der Waals surface area (Å²) in [5.74, 6) is 1.09. The Labute approximate surface area is 164 Å². The van der Waals surface area contributed by atoms with Crippen molar-refractivity contribution in [2.24, 2.45) is 0 Å². The third-order valence-electron chi connectivity index (χ3n) is 5.18. The third-order valence-corrected chi connectivity index (χ3v) is 5.88. The molecule has 0 bridgehead atoms. The van der Waals surface area contributed by atoms with Gasteiger partial charge in [0.15, 0.2) is 0 Å². The van der Waals surface area contributed by atoms with Crippen LogP contribution in [0.3, 0.4) is 0 Å². The van der Waals surface area contributed by atoms with E-state index in [9.17, 15) is 0 Å². The molecule has 3 aromatic rings. The SMILES string of the molecule is Clc1cccc(Cl)c1Cn1c(CN2CCCCCC2)nc2ccccc21. The lowest BCUT2D eigenvalue weighted by atomic mass is 10.2. The van der Waals surface area contributed by atoms with Crippen molar-refractivity contribution < 1.29 is 0 Å². The number of halogens is 2. The number of imidazole rings is 1. The average Bonchev–Trinajstić information content (AvgIpc) is 2.79. The van der Waals surface area contributed by atoms with Gasteiger partial charge in [0.25, 0.3) is 0 Å². The van der Waals surface area contributed by atoms with E-state index in [2.05, 4.69) is 27.7 Å². The summed E-state index contributed by atoms with van der Waals surface area (Å²) in [5, 5.41) is 1.41. The van der Waals surface area contributed by atoms with E-state index >= 15 is 0 Å². The van der Waals surface area contributed by atoms with Crippen molar-refractivity contribution in [1.82, 2.24) is 14.5 Å². The van der Waals surface area contributed by atoms with Crippen LogP contribution in [0.2, 0.25) is 10.0 Å². The molecule has 0 N–H and O–H groups in total. The highest BCUT2D eigenvalue weighted by molar-refractivity contribution is 6.36. The number of hydrogen-bond donors (Lipinski definition) is 0. The van der Waals surface area contributed by atoms with Crippen molar-refractivity contribution in [3.63, 3.8) is 0 Å². The molecule has 0 radical (unpaired) electrons. The number of benzene rings is 2. The van der Waals surface area contributed by atoms with E-state index in [0.29, 0.717) is 16.6 Å². The first-order valence-corrected chi connectivity index (χ1v) is 10.1. The van der Waals surface area contributed by atoms with Gasteiger partial charge in [0.2, 0.25) is 0 Å². The molecule has 0 spiro atoms. The molecule has 136 valence electrons. The number of fused-ring (bicyclic) bond motifs is 1. The summed E-state index contributed by atoms with van der Waals surface area (Å²) in [7, 11) is 0. The predicted octanol–water partition coefficient (Wildman–Crippen LogP) is 5.77. The number of rotatable bonds is 4. The zero-order valence-corrected chi connectivity index (χ0v) is 16.3. The molecule has 0 unspecified atom stereocenters. The molecular formula is C21H23Cl2N3. The van der Waals surface area contributed by atoms with Crippen molar-refractivity contribution in [1.29, 1.82) is 0 Å². The van der Waals surface area contributed by atoms with Crippen LogP contribution in [0.4, 0.5) is 0 Å². The van der Waals surface area contributed by atoms with E-state index in [1.165, 1.54) is 25.7 Å². The number of aromatic nitrogens is 2. The monoisotopic (exact) mass is 387 g/mol. The van der Waals surface area contributed by atoms with Crippen LogP contribution in [0, 0.1) is 0 Å². The van der Waals surface area contributed by atoms with E-state index in [-0.39, 0.29) is 0 Å². The fourth-order valence-electron chi connectivity index (χ4n) is 3.76. The van der Waals surface area contributed by atoms with E-state index in [0.717, 1.165) is 42.1 Å². The molecule has 1 saturated heterocycles. The van der Waals surface area contributed by atoms with Gasteiger partial charge in [0.1, 0.15) is 5.82 Å². The maximum atomic E-state index is 6.43. The molecule has 4 rings (SSSR count). The predicted molar refractivity (Wildman–Crippen MR) is 109 cm³/mol. The minimum atomic E-state index is 0.641. The van der Waals surface area contributed by atoms with Gasteiger partial charge in [0.05, 0.1) is 24.1 Å². The molecule has 1 aliphatic rings. The van der Waals surface area contributed by atoms with Gasteiger partial charge >= 0.3 is 0 Å². The Balaban J connectivity index is 1.72. The zero-order valence-electron chi connectivity index (χ0n) is 14.8. The van der Waals surface area contributed by atoms with Gasteiger partial charge in [-0.25, -0.2) is 4.98 Å². The molecule has 0 atom stereocenters. The third kappa shape index (κ3) is 3.75. The van der Waals surface area contributed by atoms with Gasteiger partial charge in [-0.15, -0.1) is 0 Å². The molecule has 2 heterocycles. The smallest absolute Gasteiger partial charge is 0.124 e. The van der Waals surface area contributed by atoms with Crippen LogP contribution in [0.1, 0.15) is 37.1 Å². The first kappa shape index (κ1) is 17.8. The first-order valence-electron chi connectivity index (χ1n) is 9.32. The second kappa shape index (κ2) is 7.99. The summed E-state index contributed by atoms with van der Waals surface area (Å²) in [5.41, 5.74) is 3.12. The van der Waals surface area contributed by atoms with Crippen molar-refractivity contribution in [2.45, 2.75) is 38.8 Å². The quantitative estimate of drug-likeness (QED) is 0.566. The minimum Gasteiger partial charge on any atom is -0.322 e. The molecule has 3 nitrogen and oxygen atoms in total. The lowest BCUT2D eigenvalue weighted by Gasteiger charge is -2.20. The van der Waals surface area contributed by atoms with Crippen molar-refractivity contribution in [2.75, 3.05) is 13.1 Å². The van der Waals surface area contributed by atoms with Crippen LogP contribution >= 0.6 is 23.2 Å². The van der Waals surface area contributed by atoms with Crippen LogP contribution in [-0.4, -0.2) is 27.5 Å². The zero-order chi connectivity index (χ0) is 17.9. The number of hydrogen-bond acceptors (Lipinski definition) is 2. The molecule has 0 amide bonds. The standard InChI is InChI=1S/C21H23Cl2N3/c22-17-8-7-9-18(23)16(17)14-26-20-11-4-3-10-19(20)24-21(26)15-25-12-5-1-2-6-13-25/h3-4,7-11H,1-2,5-6,12-15H2. The molecule has 1 fully saturated rings. The molecule has 5 heteroatoms. The number of likely N-dealkylation sites (tertiary alicyclic amines) is 1. The average molecular weight is 388 g/mol. The van der Waals surface area contributed by atoms with Gasteiger partial charge in [0, 0.05) is 15.6 Å². The van der Waals surface area contributed by atoms with Crippen molar-refractivity contribution in [3.8, 4) is 0 Å². The Morgan fingerprint density at radius 1 is 0.808 bits per heavy atom. The highest BCUT2D eigenvalue weighted by Crippen LogP contribution is 2.28. The maximum absolute atomic E-state index is 6.43. The Hall–Kier alpha value is -1.55. The highest BCUT2D eigenvalue weighted by Gasteiger charge is 2.17. The Morgan fingerprint density at radius 2 is 1.50 bits per heavy atom. The summed E-state index contributed by atoms with van der Waals surface area (Å²) in [6.07, 6.45) is 5.22. The maximum Gasteiger partial charge on any atom is 0.124 e. The topological polar surface area (TPSA) is 21.1 Å². The summed E-state index contributed by atoms with van der Waals surface area (Å²) in [4.78, 5) is 7.45. The van der Waals surface area contributed by atoms with Gasteiger partial charge < -0.3 is 4.57 Å². The van der Waals surface area contributed by atoms with Crippen LogP contribution in [0.25, 0.3) is 11.0 Å². The van der Waals surface area contributed by atoms with Gasteiger partial charge in [-0.2, -0.15) is 0 Å². The molecule has 0 saturated carbocycles. The number of nitrogens with zero attached hydrogens (tertiary/aromatic N) is 3. The van der Waals surface area contributed by atoms with Gasteiger partial charge in [-0.05, 0) is 50.2 Å². The minimum absolute atomic E-state index is 0.641. The molecule has 0 aliphatic carbocycles. The van der Waals surface area contributed by atoms with E-state index in [1.54, 1.807) is 0 Å². The van der Waals surface area contributed by atoms with E-state index in [4.69, 9.17) is 28.2 Å². The molecule has 1 aliphatic heterocycles. The molecule has 1 aromatic heterocycles. The fourth-order valence-corrected chi connectivity index (χ4v) is 4.28. The second-order valence-corrected chi connectivity index (χ2v) is 7.81. The lowest BCUT2D eigenvalue weighted by Crippen LogP contribution is -2.26. The van der Waals surface area contributed by atoms with E-state index in [1.807, 2.05) is 24.3 Å². The van der Waals surface area contributed by atoms with Crippen molar-refractivity contribution >= 4 is 34.2 Å². The summed E-state index contributed by atoms with van der Waals surface area (Å²) < 4.78 is 2.27. The van der Waals surface area contributed by atoms with Crippen LogP contribution in [-0.2, 0) is 13.1 Å². The summed E-state index contributed by atoms with van der Waals surface area (Å²) >= 11 is 12.9. The molecule has 2 aromatic carbocycles. The fraction of sp³-hybridized carbons (Fsp3) is 0.381. The lowest BCUT2D eigenvalue weighted by molar-refractivity contribution is 0.267. The largest absolute Gasteiger partial charge is 0.322 e. The van der Waals surface area contributed by atoms with Crippen molar-refractivity contribution in [3.05, 3.63) is 63.9 Å². The summed E-state index contributed by atoms with van der Waals surface area (Å²) in [6, 6.07) is 14.0. The summed E-state index contributed by atoms with van der Waals surface area (Å²) in [6.45, 7) is 3.81. The normalized spacial score (nSPS) is 16.1. The number of para-hydroxylation sites is 2. The Bertz CT molecular complexity index is 875. The van der Waals surface area contributed by atoms with E-state index < -0.39 is 0 Å². The van der Waals surface area contributed by atoms with Crippen LogP contribution in [0.5, 0.6) is 0 Å². The first-order chi connectivity index (χ1) is 12.7.